The minimum atomic E-state index is -4.43. The first kappa shape index (κ1) is 26.7. The molecule has 0 bridgehead atoms. The van der Waals surface area contributed by atoms with Crippen LogP contribution in [0.15, 0.2) is 83.8 Å². The molecule has 10 heteroatoms. The summed E-state index contributed by atoms with van der Waals surface area (Å²) in [5.41, 5.74) is 1.39. The lowest BCUT2D eigenvalue weighted by molar-refractivity contribution is -0.137. The summed E-state index contributed by atoms with van der Waals surface area (Å²) in [4.78, 5) is 16.7. The van der Waals surface area contributed by atoms with Gasteiger partial charge in [-0.1, -0.05) is 54.1 Å². The lowest BCUT2D eigenvalue weighted by atomic mass is 10.1. The third kappa shape index (κ3) is 6.50. The first-order valence-corrected chi connectivity index (χ1v) is 13.3. The highest BCUT2D eigenvalue weighted by Gasteiger charge is 2.32. The molecule has 196 valence electrons. The van der Waals surface area contributed by atoms with Crippen molar-refractivity contribution in [1.82, 2.24) is 9.21 Å². The summed E-state index contributed by atoms with van der Waals surface area (Å²) in [6.45, 7) is 2.80. The molecule has 1 amide bonds. The molecule has 0 spiro atoms. The van der Waals surface area contributed by atoms with Gasteiger partial charge >= 0.3 is 6.18 Å². The topological polar surface area (TPSA) is 60.9 Å². The summed E-state index contributed by atoms with van der Waals surface area (Å²) in [5.74, 6) is -0.352. The van der Waals surface area contributed by atoms with E-state index >= 15 is 0 Å². The van der Waals surface area contributed by atoms with E-state index in [1.807, 2.05) is 13.0 Å². The van der Waals surface area contributed by atoms with E-state index in [1.165, 1.54) is 22.5 Å². The van der Waals surface area contributed by atoms with Crippen LogP contribution in [0.4, 0.5) is 18.9 Å². The van der Waals surface area contributed by atoms with Gasteiger partial charge in [0.05, 0.1) is 17.0 Å². The molecule has 4 rings (SSSR count). The van der Waals surface area contributed by atoms with Gasteiger partial charge in [-0.25, -0.2) is 8.42 Å². The van der Waals surface area contributed by atoms with Crippen molar-refractivity contribution >= 4 is 21.6 Å². The Morgan fingerprint density at radius 1 is 0.892 bits per heavy atom. The highest BCUT2D eigenvalue weighted by Crippen LogP contribution is 2.32. The van der Waals surface area contributed by atoms with Gasteiger partial charge in [-0.3, -0.25) is 4.79 Å². The summed E-state index contributed by atoms with van der Waals surface area (Å²) in [6.07, 6.45) is -4.43. The quantitative estimate of drug-likeness (QED) is 0.449. The van der Waals surface area contributed by atoms with E-state index in [-0.39, 0.29) is 37.0 Å². The standard InChI is InChI=1S/C27H28F3N3O3S/c1-21-10-12-25(13-11-21)37(35,36)33(19-22-6-3-2-4-7-22)20-26(34)32-16-14-31(15-17-32)24-9-5-8-23(18-24)27(28,29)30/h2-13,18H,14-17,19-20H2,1H3. The van der Waals surface area contributed by atoms with Gasteiger partial charge in [0.25, 0.3) is 0 Å². The molecule has 1 aliphatic rings. The van der Waals surface area contributed by atoms with Crippen LogP contribution in [-0.4, -0.2) is 56.3 Å². The van der Waals surface area contributed by atoms with Crippen molar-refractivity contribution in [1.29, 1.82) is 0 Å². The predicted molar refractivity (Wildman–Crippen MR) is 135 cm³/mol. The molecule has 1 heterocycles. The zero-order valence-electron chi connectivity index (χ0n) is 20.4. The smallest absolute Gasteiger partial charge is 0.368 e. The maximum Gasteiger partial charge on any atom is 0.416 e. The van der Waals surface area contributed by atoms with Crippen molar-refractivity contribution in [3.8, 4) is 0 Å². The first-order chi connectivity index (χ1) is 17.5. The Morgan fingerprint density at radius 3 is 2.16 bits per heavy atom. The Bertz CT molecular complexity index is 1320. The van der Waals surface area contributed by atoms with Crippen LogP contribution in [0.3, 0.4) is 0 Å². The number of benzene rings is 3. The minimum absolute atomic E-state index is 0.0347. The van der Waals surface area contributed by atoms with Crippen LogP contribution >= 0.6 is 0 Å². The number of hydrogen-bond acceptors (Lipinski definition) is 4. The normalized spacial score (nSPS) is 14.7. The van der Waals surface area contributed by atoms with Gasteiger partial charge in [0.15, 0.2) is 0 Å². The number of carbonyl (C=O) groups excluding carboxylic acids is 1. The first-order valence-electron chi connectivity index (χ1n) is 11.8. The van der Waals surface area contributed by atoms with Crippen LogP contribution in [0.25, 0.3) is 0 Å². The molecular weight excluding hydrogens is 503 g/mol. The number of nitrogens with zero attached hydrogens (tertiary/aromatic N) is 3. The monoisotopic (exact) mass is 531 g/mol. The zero-order chi connectivity index (χ0) is 26.6. The SMILES string of the molecule is Cc1ccc(S(=O)(=O)N(CC(=O)N2CCN(c3cccc(C(F)(F)F)c3)CC2)Cc2ccccc2)cc1. The summed E-state index contributed by atoms with van der Waals surface area (Å²) in [7, 11) is -3.95. The molecule has 0 saturated carbocycles. The highest BCUT2D eigenvalue weighted by molar-refractivity contribution is 7.89. The summed E-state index contributed by atoms with van der Waals surface area (Å²) in [5, 5.41) is 0. The van der Waals surface area contributed by atoms with Crippen LogP contribution in [-0.2, 0) is 27.5 Å². The van der Waals surface area contributed by atoms with Crippen LogP contribution in [0.5, 0.6) is 0 Å². The minimum Gasteiger partial charge on any atom is -0.368 e. The molecule has 3 aromatic rings. The molecule has 0 aliphatic carbocycles. The Labute approximate surface area is 215 Å². The summed E-state index contributed by atoms with van der Waals surface area (Å²) < 4.78 is 67.4. The molecule has 0 atom stereocenters. The lowest BCUT2D eigenvalue weighted by Gasteiger charge is -2.37. The molecule has 0 aromatic heterocycles. The molecule has 1 fully saturated rings. The van der Waals surface area contributed by atoms with E-state index in [9.17, 15) is 26.4 Å². The van der Waals surface area contributed by atoms with E-state index in [2.05, 4.69) is 0 Å². The molecule has 0 N–H and O–H groups in total. The fourth-order valence-corrected chi connectivity index (χ4v) is 5.59. The molecule has 3 aromatic carbocycles. The largest absolute Gasteiger partial charge is 0.416 e. The predicted octanol–water partition coefficient (Wildman–Crippen LogP) is 4.55. The molecule has 37 heavy (non-hydrogen) atoms. The third-order valence-electron chi connectivity index (χ3n) is 6.34. The average molecular weight is 532 g/mol. The number of alkyl halides is 3. The van der Waals surface area contributed by atoms with Crippen LogP contribution in [0.1, 0.15) is 16.7 Å². The second-order valence-corrected chi connectivity index (χ2v) is 10.9. The van der Waals surface area contributed by atoms with E-state index in [0.29, 0.717) is 18.8 Å². The van der Waals surface area contributed by atoms with E-state index in [4.69, 9.17) is 0 Å². The van der Waals surface area contributed by atoms with Gasteiger partial charge in [0.2, 0.25) is 15.9 Å². The molecule has 1 saturated heterocycles. The Kier molecular flexibility index (Phi) is 7.89. The van der Waals surface area contributed by atoms with Gasteiger partial charge in [0.1, 0.15) is 0 Å². The van der Waals surface area contributed by atoms with Gasteiger partial charge in [-0.05, 0) is 42.8 Å². The number of anilines is 1. The number of sulfonamides is 1. The molecule has 0 radical (unpaired) electrons. The number of rotatable bonds is 7. The van der Waals surface area contributed by atoms with Gasteiger partial charge in [-0.15, -0.1) is 0 Å². The molecule has 0 unspecified atom stereocenters. The van der Waals surface area contributed by atoms with Crippen molar-refractivity contribution in [2.75, 3.05) is 37.6 Å². The number of amides is 1. The Morgan fingerprint density at radius 2 is 1.54 bits per heavy atom. The molecule has 1 aliphatic heterocycles. The van der Waals surface area contributed by atoms with Gasteiger partial charge < -0.3 is 9.80 Å². The Hall–Kier alpha value is -3.37. The molecule has 6 nitrogen and oxygen atoms in total. The van der Waals surface area contributed by atoms with E-state index in [0.717, 1.165) is 23.3 Å². The maximum atomic E-state index is 13.5. The van der Waals surface area contributed by atoms with Crippen LogP contribution < -0.4 is 4.90 Å². The fraction of sp³-hybridized carbons (Fsp3) is 0.296. The second-order valence-electron chi connectivity index (χ2n) is 8.99. The van der Waals surface area contributed by atoms with Crippen molar-refractivity contribution < 1.29 is 26.4 Å². The number of aryl methyl sites for hydroxylation is 1. The third-order valence-corrected chi connectivity index (χ3v) is 8.15. The van der Waals surface area contributed by atoms with Gasteiger partial charge in [-0.2, -0.15) is 17.5 Å². The number of carbonyl (C=O) groups is 1. The number of halogens is 3. The fourth-order valence-electron chi connectivity index (χ4n) is 4.22. The lowest BCUT2D eigenvalue weighted by Crippen LogP contribution is -2.51. The van der Waals surface area contributed by atoms with Crippen molar-refractivity contribution in [2.45, 2.75) is 24.5 Å². The van der Waals surface area contributed by atoms with E-state index in [1.54, 1.807) is 52.3 Å². The van der Waals surface area contributed by atoms with E-state index < -0.39 is 21.8 Å². The Balaban J connectivity index is 1.47. The average Bonchev–Trinajstić information content (AvgIpc) is 2.89. The van der Waals surface area contributed by atoms with Crippen molar-refractivity contribution in [3.05, 3.63) is 95.6 Å². The summed E-state index contributed by atoms with van der Waals surface area (Å²) in [6, 6.07) is 20.6. The molecular formula is C27H28F3N3O3S. The number of piperazine rings is 1. The van der Waals surface area contributed by atoms with Gasteiger partial charge in [0, 0.05) is 38.4 Å². The maximum absolute atomic E-state index is 13.5. The highest BCUT2D eigenvalue weighted by atomic mass is 32.2. The van der Waals surface area contributed by atoms with Crippen LogP contribution in [0, 0.1) is 6.92 Å². The van der Waals surface area contributed by atoms with Crippen molar-refractivity contribution in [2.24, 2.45) is 0 Å². The second kappa shape index (κ2) is 10.9. The summed E-state index contributed by atoms with van der Waals surface area (Å²) >= 11 is 0. The van der Waals surface area contributed by atoms with Crippen molar-refractivity contribution in [3.63, 3.8) is 0 Å². The number of hydrogen-bond donors (Lipinski definition) is 0. The van der Waals surface area contributed by atoms with Crippen LogP contribution in [0.2, 0.25) is 0 Å². The zero-order valence-corrected chi connectivity index (χ0v) is 21.2.